The molecule has 1 rings (SSSR count). The van der Waals surface area contributed by atoms with Crippen molar-refractivity contribution in [1.82, 2.24) is 16.0 Å². The molecular formula is C18H33N3O5. The molecule has 0 bridgehead atoms. The van der Waals surface area contributed by atoms with E-state index in [0.29, 0.717) is 45.8 Å². The van der Waals surface area contributed by atoms with Gasteiger partial charge in [-0.25, -0.2) is 0 Å². The first kappa shape index (κ1) is 22.5. The van der Waals surface area contributed by atoms with Crippen LogP contribution < -0.4 is 16.0 Å². The van der Waals surface area contributed by atoms with Crippen molar-refractivity contribution in [2.75, 3.05) is 46.6 Å². The maximum atomic E-state index is 12.1. The zero-order valence-corrected chi connectivity index (χ0v) is 15.8. The number of carbonyl (C=O) groups excluding carboxylic acids is 3. The highest BCUT2D eigenvalue weighted by atomic mass is 16.5. The summed E-state index contributed by atoms with van der Waals surface area (Å²) in [7, 11) is 1.86. The summed E-state index contributed by atoms with van der Waals surface area (Å²) in [4.78, 5) is 34.1. The van der Waals surface area contributed by atoms with Crippen LogP contribution in [0.1, 0.15) is 38.5 Å². The third kappa shape index (κ3) is 10.5. The molecule has 0 atom stereocenters. The van der Waals surface area contributed by atoms with E-state index < -0.39 is 0 Å². The van der Waals surface area contributed by atoms with Gasteiger partial charge in [0.25, 0.3) is 0 Å². The van der Waals surface area contributed by atoms with Crippen LogP contribution in [0, 0.1) is 5.92 Å². The first-order valence-corrected chi connectivity index (χ1v) is 9.48. The molecule has 1 saturated carbocycles. The molecule has 1 fully saturated rings. The molecule has 8 nitrogen and oxygen atoms in total. The summed E-state index contributed by atoms with van der Waals surface area (Å²) in [6.07, 6.45) is 4.76. The highest BCUT2D eigenvalue weighted by Crippen LogP contribution is 2.24. The molecule has 1 aliphatic carbocycles. The Labute approximate surface area is 155 Å². The van der Waals surface area contributed by atoms with Crippen molar-refractivity contribution in [3.8, 4) is 0 Å². The molecule has 0 aliphatic heterocycles. The lowest BCUT2D eigenvalue weighted by molar-refractivity contribution is -0.126. The lowest BCUT2D eigenvalue weighted by atomic mass is 9.85. The van der Waals surface area contributed by atoms with E-state index in [-0.39, 0.29) is 23.8 Å². The summed E-state index contributed by atoms with van der Waals surface area (Å²) in [6.45, 7) is 3.08. The van der Waals surface area contributed by atoms with Crippen LogP contribution in [0.15, 0.2) is 0 Å². The Hall–Kier alpha value is -1.51. The van der Waals surface area contributed by atoms with Crippen molar-refractivity contribution in [3.05, 3.63) is 0 Å². The average molecular weight is 371 g/mol. The van der Waals surface area contributed by atoms with Crippen molar-refractivity contribution in [3.63, 3.8) is 0 Å². The van der Waals surface area contributed by atoms with Gasteiger partial charge in [-0.3, -0.25) is 9.59 Å². The minimum absolute atomic E-state index is 0.00278. The number of carbonyl (C=O) groups is 3. The van der Waals surface area contributed by atoms with Crippen molar-refractivity contribution in [2.24, 2.45) is 5.92 Å². The number of aldehydes is 1. The van der Waals surface area contributed by atoms with Crippen LogP contribution in [0.5, 0.6) is 0 Å². The summed E-state index contributed by atoms with van der Waals surface area (Å²) in [6, 6.07) is 0.149. The molecular weight excluding hydrogens is 338 g/mol. The quantitative estimate of drug-likeness (QED) is 0.293. The van der Waals surface area contributed by atoms with Crippen LogP contribution in [0.2, 0.25) is 0 Å². The minimum Gasteiger partial charge on any atom is -0.380 e. The third-order valence-corrected chi connectivity index (χ3v) is 4.36. The Kier molecular flexibility index (Phi) is 12.7. The van der Waals surface area contributed by atoms with Crippen molar-refractivity contribution in [1.29, 1.82) is 0 Å². The zero-order valence-electron chi connectivity index (χ0n) is 15.8. The summed E-state index contributed by atoms with van der Waals surface area (Å²) < 4.78 is 10.6. The van der Waals surface area contributed by atoms with Crippen LogP contribution in [0.4, 0.5) is 0 Å². The fourth-order valence-electron chi connectivity index (χ4n) is 2.87. The number of amides is 2. The number of nitrogens with one attached hydrogen (secondary N) is 3. The van der Waals surface area contributed by atoms with Crippen LogP contribution in [-0.2, 0) is 23.9 Å². The van der Waals surface area contributed by atoms with Gasteiger partial charge in [-0.2, -0.15) is 0 Å². The van der Waals surface area contributed by atoms with E-state index in [9.17, 15) is 14.4 Å². The summed E-state index contributed by atoms with van der Waals surface area (Å²) in [5, 5.41) is 8.88. The topological polar surface area (TPSA) is 106 Å². The molecule has 1 aliphatic rings. The Morgan fingerprint density at radius 1 is 1.00 bits per heavy atom. The van der Waals surface area contributed by atoms with E-state index in [1.807, 2.05) is 7.05 Å². The van der Waals surface area contributed by atoms with E-state index in [0.717, 1.165) is 38.5 Å². The van der Waals surface area contributed by atoms with Gasteiger partial charge in [0, 0.05) is 37.9 Å². The molecule has 0 aromatic heterocycles. The van der Waals surface area contributed by atoms with Crippen molar-refractivity contribution in [2.45, 2.75) is 44.6 Å². The second-order valence-electron chi connectivity index (χ2n) is 6.44. The predicted molar refractivity (Wildman–Crippen MR) is 97.8 cm³/mol. The van der Waals surface area contributed by atoms with Gasteiger partial charge in [0.15, 0.2) is 0 Å². The fourth-order valence-corrected chi connectivity index (χ4v) is 2.87. The van der Waals surface area contributed by atoms with Crippen LogP contribution in [0.3, 0.4) is 0 Å². The molecule has 3 N–H and O–H groups in total. The standard InChI is InChI=1S/C18H33N3O5/c1-19-8-13-26-12-7-17(23)21-16-5-3-15(4-6-16)18(24)20-9-14-25-11-2-10-22/h10,15-16,19H,2-9,11-14H2,1H3,(H,20,24)(H,21,23). The molecule has 0 aromatic carbocycles. The summed E-state index contributed by atoms with van der Waals surface area (Å²) in [5.74, 6) is 0.0598. The van der Waals surface area contributed by atoms with Gasteiger partial charge in [-0.05, 0) is 32.7 Å². The molecule has 0 unspecified atom stereocenters. The predicted octanol–water partition coefficient (Wildman–Crippen LogP) is 0.00930. The van der Waals surface area contributed by atoms with Gasteiger partial charge >= 0.3 is 0 Å². The lowest BCUT2D eigenvalue weighted by Gasteiger charge is -2.28. The monoisotopic (exact) mass is 371 g/mol. The summed E-state index contributed by atoms with van der Waals surface area (Å²) in [5.41, 5.74) is 0. The summed E-state index contributed by atoms with van der Waals surface area (Å²) >= 11 is 0. The van der Waals surface area contributed by atoms with E-state index >= 15 is 0 Å². The second-order valence-corrected chi connectivity index (χ2v) is 6.44. The molecule has 0 saturated heterocycles. The Morgan fingerprint density at radius 3 is 2.38 bits per heavy atom. The molecule has 150 valence electrons. The van der Waals surface area contributed by atoms with E-state index in [4.69, 9.17) is 9.47 Å². The Bertz CT molecular complexity index is 412. The number of likely N-dealkylation sites (N-methyl/N-ethyl adjacent to an activating group) is 1. The number of ether oxygens (including phenoxy) is 2. The van der Waals surface area contributed by atoms with E-state index in [2.05, 4.69) is 16.0 Å². The maximum absolute atomic E-state index is 12.1. The lowest BCUT2D eigenvalue weighted by Crippen LogP contribution is -2.41. The molecule has 0 aromatic rings. The molecule has 26 heavy (non-hydrogen) atoms. The van der Waals surface area contributed by atoms with E-state index in [1.165, 1.54) is 0 Å². The minimum atomic E-state index is 0.00278. The number of hydrogen-bond donors (Lipinski definition) is 3. The smallest absolute Gasteiger partial charge is 0.223 e. The second kappa shape index (κ2) is 14.6. The SMILES string of the molecule is CNCCOCCC(=O)NC1CCC(C(=O)NCCOCCC=O)CC1. The van der Waals surface area contributed by atoms with Crippen molar-refractivity contribution >= 4 is 18.1 Å². The Balaban J connectivity index is 2.07. The molecule has 0 radical (unpaired) electrons. The molecule has 0 spiro atoms. The Morgan fingerprint density at radius 2 is 1.69 bits per heavy atom. The van der Waals surface area contributed by atoms with Crippen LogP contribution >= 0.6 is 0 Å². The maximum Gasteiger partial charge on any atom is 0.223 e. The van der Waals surface area contributed by atoms with Crippen molar-refractivity contribution < 1.29 is 23.9 Å². The molecule has 8 heteroatoms. The van der Waals surface area contributed by atoms with Gasteiger partial charge in [0.1, 0.15) is 6.29 Å². The average Bonchev–Trinajstić information content (AvgIpc) is 2.65. The van der Waals surface area contributed by atoms with Crippen LogP contribution in [-0.4, -0.2) is 70.7 Å². The van der Waals surface area contributed by atoms with Crippen LogP contribution in [0.25, 0.3) is 0 Å². The van der Waals surface area contributed by atoms with Gasteiger partial charge in [0.05, 0.1) is 26.4 Å². The first-order chi connectivity index (χ1) is 12.7. The van der Waals surface area contributed by atoms with Gasteiger partial charge in [-0.1, -0.05) is 0 Å². The van der Waals surface area contributed by atoms with Gasteiger partial charge in [0.2, 0.25) is 11.8 Å². The largest absolute Gasteiger partial charge is 0.380 e. The van der Waals surface area contributed by atoms with E-state index in [1.54, 1.807) is 0 Å². The van der Waals surface area contributed by atoms with Gasteiger partial charge in [-0.15, -0.1) is 0 Å². The highest BCUT2D eigenvalue weighted by molar-refractivity contribution is 5.79. The first-order valence-electron chi connectivity index (χ1n) is 9.48. The highest BCUT2D eigenvalue weighted by Gasteiger charge is 2.26. The fraction of sp³-hybridized carbons (Fsp3) is 0.833. The zero-order chi connectivity index (χ0) is 19.0. The third-order valence-electron chi connectivity index (χ3n) is 4.36. The normalized spacial score (nSPS) is 19.7. The molecule has 0 heterocycles. The molecule has 2 amide bonds. The number of hydrogen-bond acceptors (Lipinski definition) is 6. The number of rotatable bonds is 14. The van der Waals surface area contributed by atoms with Gasteiger partial charge < -0.3 is 30.2 Å².